The van der Waals surface area contributed by atoms with E-state index in [-0.39, 0.29) is 0 Å². The van der Waals surface area contributed by atoms with Gasteiger partial charge in [-0.1, -0.05) is 19.9 Å². The summed E-state index contributed by atoms with van der Waals surface area (Å²) in [7, 11) is 0. The summed E-state index contributed by atoms with van der Waals surface area (Å²) in [6.07, 6.45) is 4.07. The summed E-state index contributed by atoms with van der Waals surface area (Å²) in [6.45, 7) is 6.32. The van der Waals surface area contributed by atoms with E-state index >= 15 is 0 Å². The summed E-state index contributed by atoms with van der Waals surface area (Å²) < 4.78 is 0. The summed E-state index contributed by atoms with van der Waals surface area (Å²) in [5.74, 6) is 0. The van der Waals surface area contributed by atoms with E-state index in [0.29, 0.717) is 0 Å². The standard InChI is InChI=1S/C11H18N2/c1-3-10-5-6-11(13-9-10)7-8-12-4-2/h5-6,9,12H,3-4,7-8H2,1-2H3. The summed E-state index contributed by atoms with van der Waals surface area (Å²) in [5, 5.41) is 3.29. The zero-order valence-electron chi connectivity index (χ0n) is 8.51. The number of nitrogens with zero attached hydrogens (tertiary/aromatic N) is 1. The predicted octanol–water partition coefficient (Wildman–Crippen LogP) is 1.80. The molecule has 0 saturated heterocycles. The van der Waals surface area contributed by atoms with Crippen LogP contribution >= 0.6 is 0 Å². The van der Waals surface area contributed by atoms with Gasteiger partial charge >= 0.3 is 0 Å². The van der Waals surface area contributed by atoms with E-state index in [2.05, 4.69) is 36.3 Å². The van der Waals surface area contributed by atoms with Gasteiger partial charge in [-0.15, -0.1) is 0 Å². The molecule has 13 heavy (non-hydrogen) atoms. The third kappa shape index (κ3) is 3.55. The van der Waals surface area contributed by atoms with Crippen LogP contribution in [0.3, 0.4) is 0 Å². The molecule has 0 aromatic carbocycles. The van der Waals surface area contributed by atoms with E-state index in [4.69, 9.17) is 0 Å². The molecule has 1 aromatic rings. The first-order valence-electron chi connectivity index (χ1n) is 5.01. The van der Waals surface area contributed by atoms with Gasteiger partial charge in [-0.3, -0.25) is 4.98 Å². The Hall–Kier alpha value is -0.890. The lowest BCUT2D eigenvalue weighted by atomic mass is 10.2. The Morgan fingerprint density at radius 1 is 1.31 bits per heavy atom. The van der Waals surface area contributed by atoms with Crippen molar-refractivity contribution >= 4 is 0 Å². The van der Waals surface area contributed by atoms with Crippen molar-refractivity contribution in [1.29, 1.82) is 0 Å². The molecule has 1 heterocycles. The molecule has 0 spiro atoms. The fourth-order valence-corrected chi connectivity index (χ4v) is 1.21. The van der Waals surface area contributed by atoms with E-state index < -0.39 is 0 Å². The molecule has 0 bridgehead atoms. The fraction of sp³-hybridized carbons (Fsp3) is 0.545. The van der Waals surface area contributed by atoms with Crippen LogP contribution in [-0.2, 0) is 12.8 Å². The summed E-state index contributed by atoms with van der Waals surface area (Å²) in [6, 6.07) is 4.28. The number of hydrogen-bond donors (Lipinski definition) is 1. The van der Waals surface area contributed by atoms with Crippen molar-refractivity contribution in [2.24, 2.45) is 0 Å². The lowest BCUT2D eigenvalue weighted by Gasteiger charge is -2.02. The lowest BCUT2D eigenvalue weighted by molar-refractivity contribution is 0.707. The molecule has 0 aliphatic rings. The van der Waals surface area contributed by atoms with Crippen LogP contribution < -0.4 is 5.32 Å². The molecule has 0 atom stereocenters. The molecule has 72 valence electrons. The van der Waals surface area contributed by atoms with Crippen molar-refractivity contribution < 1.29 is 0 Å². The van der Waals surface area contributed by atoms with Gasteiger partial charge in [0.1, 0.15) is 0 Å². The molecule has 1 aromatic heterocycles. The van der Waals surface area contributed by atoms with Gasteiger partial charge in [0.15, 0.2) is 0 Å². The van der Waals surface area contributed by atoms with Crippen LogP contribution in [-0.4, -0.2) is 18.1 Å². The molecule has 2 nitrogen and oxygen atoms in total. The van der Waals surface area contributed by atoms with E-state index in [0.717, 1.165) is 25.9 Å². The van der Waals surface area contributed by atoms with Crippen LogP contribution in [0.15, 0.2) is 18.3 Å². The van der Waals surface area contributed by atoms with Gasteiger partial charge in [-0.05, 0) is 24.6 Å². The Kier molecular flexibility index (Phi) is 4.47. The predicted molar refractivity (Wildman–Crippen MR) is 55.9 cm³/mol. The van der Waals surface area contributed by atoms with Gasteiger partial charge in [0.05, 0.1) is 0 Å². The van der Waals surface area contributed by atoms with Crippen LogP contribution in [0, 0.1) is 0 Å². The van der Waals surface area contributed by atoms with E-state index in [9.17, 15) is 0 Å². The first-order chi connectivity index (χ1) is 6.36. The SMILES string of the molecule is CCNCCc1ccc(CC)cn1. The second-order valence-corrected chi connectivity index (χ2v) is 3.11. The highest BCUT2D eigenvalue weighted by atomic mass is 14.8. The fourth-order valence-electron chi connectivity index (χ4n) is 1.21. The van der Waals surface area contributed by atoms with E-state index in [1.807, 2.05) is 6.20 Å². The summed E-state index contributed by atoms with van der Waals surface area (Å²) in [5.41, 5.74) is 2.49. The maximum absolute atomic E-state index is 4.38. The van der Waals surface area contributed by atoms with Crippen molar-refractivity contribution in [2.45, 2.75) is 26.7 Å². The van der Waals surface area contributed by atoms with Gasteiger partial charge in [0.2, 0.25) is 0 Å². The molecule has 0 fully saturated rings. The minimum Gasteiger partial charge on any atom is -0.317 e. The number of likely N-dealkylation sites (N-methyl/N-ethyl adjacent to an activating group) is 1. The Morgan fingerprint density at radius 3 is 2.69 bits per heavy atom. The van der Waals surface area contributed by atoms with Crippen LogP contribution in [0.2, 0.25) is 0 Å². The van der Waals surface area contributed by atoms with Crippen molar-refractivity contribution in [3.63, 3.8) is 0 Å². The minimum atomic E-state index is 1.02. The Labute approximate surface area is 80.4 Å². The molecule has 1 N–H and O–H groups in total. The van der Waals surface area contributed by atoms with E-state index in [1.54, 1.807) is 0 Å². The molecule has 0 radical (unpaired) electrons. The number of nitrogens with one attached hydrogen (secondary N) is 1. The molecule has 0 aliphatic carbocycles. The summed E-state index contributed by atoms with van der Waals surface area (Å²) >= 11 is 0. The number of hydrogen-bond acceptors (Lipinski definition) is 2. The maximum Gasteiger partial charge on any atom is 0.0416 e. The third-order valence-corrected chi connectivity index (χ3v) is 2.10. The highest BCUT2D eigenvalue weighted by Crippen LogP contribution is 2.00. The molecular weight excluding hydrogens is 160 g/mol. The first-order valence-corrected chi connectivity index (χ1v) is 5.01. The first kappa shape index (κ1) is 10.2. The Morgan fingerprint density at radius 2 is 2.15 bits per heavy atom. The van der Waals surface area contributed by atoms with Gasteiger partial charge in [0, 0.05) is 24.9 Å². The second-order valence-electron chi connectivity index (χ2n) is 3.11. The Balaban J connectivity index is 2.40. The van der Waals surface area contributed by atoms with Gasteiger partial charge < -0.3 is 5.32 Å². The van der Waals surface area contributed by atoms with Crippen molar-refractivity contribution in [1.82, 2.24) is 10.3 Å². The second kappa shape index (κ2) is 5.70. The topological polar surface area (TPSA) is 24.9 Å². The normalized spacial score (nSPS) is 10.3. The largest absolute Gasteiger partial charge is 0.317 e. The molecule has 0 amide bonds. The van der Waals surface area contributed by atoms with Crippen LogP contribution in [0.25, 0.3) is 0 Å². The third-order valence-electron chi connectivity index (χ3n) is 2.10. The highest BCUT2D eigenvalue weighted by molar-refractivity contribution is 5.13. The van der Waals surface area contributed by atoms with E-state index in [1.165, 1.54) is 11.3 Å². The summed E-state index contributed by atoms with van der Waals surface area (Å²) in [4.78, 5) is 4.38. The highest BCUT2D eigenvalue weighted by Gasteiger charge is 1.93. The average molecular weight is 178 g/mol. The molecule has 1 rings (SSSR count). The van der Waals surface area contributed by atoms with Crippen LogP contribution in [0.1, 0.15) is 25.1 Å². The quantitative estimate of drug-likeness (QED) is 0.695. The molecular formula is C11H18N2. The maximum atomic E-state index is 4.38. The van der Waals surface area contributed by atoms with Gasteiger partial charge in [-0.2, -0.15) is 0 Å². The van der Waals surface area contributed by atoms with Gasteiger partial charge in [0.25, 0.3) is 0 Å². The molecule has 0 aliphatic heterocycles. The zero-order chi connectivity index (χ0) is 9.52. The molecule has 0 unspecified atom stereocenters. The number of aromatic nitrogens is 1. The smallest absolute Gasteiger partial charge is 0.0416 e. The van der Waals surface area contributed by atoms with Crippen LogP contribution in [0.5, 0.6) is 0 Å². The lowest BCUT2D eigenvalue weighted by Crippen LogP contribution is -2.16. The number of pyridine rings is 1. The average Bonchev–Trinajstić information content (AvgIpc) is 2.19. The van der Waals surface area contributed by atoms with Crippen molar-refractivity contribution in [3.8, 4) is 0 Å². The molecule has 0 saturated carbocycles. The zero-order valence-corrected chi connectivity index (χ0v) is 8.51. The van der Waals surface area contributed by atoms with Crippen molar-refractivity contribution in [3.05, 3.63) is 29.6 Å². The van der Waals surface area contributed by atoms with Gasteiger partial charge in [-0.25, -0.2) is 0 Å². The van der Waals surface area contributed by atoms with Crippen LogP contribution in [0.4, 0.5) is 0 Å². The number of aryl methyl sites for hydroxylation is 1. The Bertz CT molecular complexity index is 228. The monoisotopic (exact) mass is 178 g/mol. The molecule has 2 heteroatoms. The number of rotatable bonds is 5. The minimum absolute atomic E-state index is 1.02. The van der Waals surface area contributed by atoms with Crippen molar-refractivity contribution in [2.75, 3.05) is 13.1 Å².